The molecule has 3 rings (SSSR count). The maximum Gasteiger partial charge on any atom is 0.189 e. The normalized spacial score (nSPS) is 11.8. The van der Waals surface area contributed by atoms with Crippen LogP contribution in [0.25, 0.3) is 11.3 Å². The van der Waals surface area contributed by atoms with Crippen molar-refractivity contribution < 1.29 is 14.6 Å². The third kappa shape index (κ3) is 4.21. The van der Waals surface area contributed by atoms with Crippen molar-refractivity contribution >= 4 is 17.7 Å². The molecule has 1 heterocycles. The van der Waals surface area contributed by atoms with Crippen molar-refractivity contribution in [3.05, 3.63) is 71.9 Å². The van der Waals surface area contributed by atoms with Crippen molar-refractivity contribution in [1.29, 1.82) is 0 Å². The molecule has 0 amide bonds. The van der Waals surface area contributed by atoms with E-state index in [1.165, 1.54) is 0 Å². The summed E-state index contributed by atoms with van der Waals surface area (Å²) in [6.45, 7) is 1.86. The van der Waals surface area contributed by atoms with Crippen molar-refractivity contribution in [3.63, 3.8) is 0 Å². The van der Waals surface area contributed by atoms with Crippen LogP contribution >= 0.6 is 11.8 Å². The van der Waals surface area contributed by atoms with E-state index in [-0.39, 0.29) is 0 Å². The summed E-state index contributed by atoms with van der Waals surface area (Å²) in [5.41, 5.74) is 3.04. The highest BCUT2D eigenvalue weighted by molar-refractivity contribution is 8.00. The number of aromatic nitrogens is 2. The summed E-state index contributed by atoms with van der Waals surface area (Å²) >= 11 is 1.07. The van der Waals surface area contributed by atoms with Gasteiger partial charge in [0.15, 0.2) is 5.16 Å². The fourth-order valence-corrected chi connectivity index (χ4v) is 3.44. The predicted octanol–water partition coefficient (Wildman–Crippen LogP) is 3.04. The summed E-state index contributed by atoms with van der Waals surface area (Å²) in [7, 11) is 1.61. The monoisotopic (exact) mass is 365 g/mol. The Bertz CT molecular complexity index is 899. The zero-order valence-corrected chi connectivity index (χ0v) is 15.2. The second-order valence-corrected chi connectivity index (χ2v) is 6.71. The zero-order chi connectivity index (χ0) is 18.5. The second kappa shape index (κ2) is 8.01. The van der Waals surface area contributed by atoms with Gasteiger partial charge in [-0.2, -0.15) is 0 Å². The Hall–Kier alpha value is -2.86. The fourth-order valence-electron chi connectivity index (χ4n) is 2.49. The third-order valence-corrected chi connectivity index (χ3v) is 4.85. The molecule has 0 radical (unpaired) electrons. The van der Waals surface area contributed by atoms with Crippen LogP contribution in [0.4, 0.5) is 0 Å². The van der Waals surface area contributed by atoms with Gasteiger partial charge in [0.2, 0.25) is 0 Å². The van der Waals surface area contributed by atoms with Gasteiger partial charge in [0.25, 0.3) is 0 Å². The molecule has 26 heavy (non-hydrogen) atoms. The van der Waals surface area contributed by atoms with Crippen LogP contribution in [0.15, 0.2) is 65.8 Å². The highest BCUT2D eigenvalue weighted by Crippen LogP contribution is 2.34. The lowest BCUT2D eigenvalue weighted by Crippen LogP contribution is -2.28. The van der Waals surface area contributed by atoms with Crippen molar-refractivity contribution in [2.75, 3.05) is 7.11 Å². The first-order valence-electron chi connectivity index (χ1n) is 7.99. The molecule has 0 aliphatic carbocycles. The Labute approximate surface area is 156 Å². The van der Waals surface area contributed by atoms with E-state index in [1.54, 1.807) is 31.4 Å². The number of ether oxygens (including phenoxy) is 1. The first kappa shape index (κ1) is 17.9. The standard InChI is InChI=1S/C20H18N2O3S/c1-13-12-17(14-8-10-16(25-2)11-9-14)22-20(21-13)26-18(19(23)24)15-6-4-3-5-7-15/h3-12,18H,1-2H3,(H,23,24)/p-1/t18-/m0/s1. The molecule has 0 N–H and O–H groups in total. The van der Waals surface area contributed by atoms with Crippen molar-refractivity contribution in [3.8, 4) is 17.0 Å². The van der Waals surface area contributed by atoms with Crippen LogP contribution in [0, 0.1) is 6.92 Å². The van der Waals surface area contributed by atoms with Gasteiger partial charge in [-0.3, -0.25) is 0 Å². The van der Waals surface area contributed by atoms with Crippen molar-refractivity contribution in [2.24, 2.45) is 0 Å². The zero-order valence-electron chi connectivity index (χ0n) is 14.4. The van der Waals surface area contributed by atoms with Crippen molar-refractivity contribution in [2.45, 2.75) is 17.3 Å². The highest BCUT2D eigenvalue weighted by Gasteiger charge is 2.17. The minimum Gasteiger partial charge on any atom is -0.549 e. The molecule has 132 valence electrons. The first-order chi connectivity index (χ1) is 12.6. The molecule has 3 aromatic rings. The number of rotatable bonds is 6. The smallest absolute Gasteiger partial charge is 0.189 e. The lowest BCUT2D eigenvalue weighted by Gasteiger charge is -2.17. The average molecular weight is 365 g/mol. The molecule has 0 saturated heterocycles. The van der Waals surface area contributed by atoms with E-state index in [1.807, 2.05) is 43.3 Å². The van der Waals surface area contributed by atoms with Crippen LogP contribution in [0.3, 0.4) is 0 Å². The van der Waals surface area contributed by atoms with Gasteiger partial charge in [0, 0.05) is 11.3 Å². The summed E-state index contributed by atoms with van der Waals surface area (Å²) in [5, 5.41) is 11.1. The number of hydrogen-bond acceptors (Lipinski definition) is 6. The van der Waals surface area contributed by atoms with Gasteiger partial charge in [-0.05, 0) is 42.8 Å². The summed E-state index contributed by atoms with van der Waals surface area (Å²) < 4.78 is 5.17. The average Bonchev–Trinajstić information content (AvgIpc) is 2.66. The number of aliphatic carboxylic acids is 1. The molecule has 0 unspecified atom stereocenters. The summed E-state index contributed by atoms with van der Waals surface area (Å²) in [6, 6.07) is 18.3. The van der Waals surface area contributed by atoms with E-state index >= 15 is 0 Å². The quantitative estimate of drug-likeness (QED) is 0.494. The van der Waals surface area contributed by atoms with E-state index < -0.39 is 11.2 Å². The molecule has 0 fully saturated rings. The lowest BCUT2D eigenvalue weighted by molar-refractivity contribution is -0.305. The predicted molar refractivity (Wildman–Crippen MR) is 98.8 cm³/mol. The number of hydrogen-bond donors (Lipinski definition) is 0. The lowest BCUT2D eigenvalue weighted by atomic mass is 10.1. The molecule has 5 nitrogen and oxygen atoms in total. The number of aryl methyl sites for hydroxylation is 1. The molecule has 1 aromatic heterocycles. The van der Waals surface area contributed by atoms with Crippen LogP contribution in [0.5, 0.6) is 5.75 Å². The van der Waals surface area contributed by atoms with Crippen molar-refractivity contribution in [1.82, 2.24) is 9.97 Å². The van der Waals surface area contributed by atoms with Gasteiger partial charge in [0.1, 0.15) is 5.75 Å². The van der Waals surface area contributed by atoms with E-state index in [4.69, 9.17) is 4.74 Å². The Morgan fingerprint density at radius 1 is 1.08 bits per heavy atom. The van der Waals surface area contributed by atoms with Crippen LogP contribution < -0.4 is 9.84 Å². The number of carboxylic acid groups (broad SMARTS) is 1. The van der Waals surface area contributed by atoms with Crippen LogP contribution in [-0.2, 0) is 4.79 Å². The Morgan fingerprint density at radius 2 is 1.77 bits per heavy atom. The van der Waals surface area contributed by atoms with Crippen LogP contribution in [-0.4, -0.2) is 23.0 Å². The topological polar surface area (TPSA) is 75.1 Å². The Balaban J connectivity index is 1.92. The van der Waals surface area contributed by atoms with E-state index in [2.05, 4.69) is 9.97 Å². The second-order valence-electron chi connectivity index (χ2n) is 5.63. The number of nitrogens with zero attached hydrogens (tertiary/aromatic N) is 2. The number of carbonyl (C=O) groups excluding carboxylic acids is 1. The maximum atomic E-state index is 11.6. The minimum absolute atomic E-state index is 0.397. The summed E-state index contributed by atoms with van der Waals surface area (Å²) in [5.74, 6) is -0.410. The van der Waals surface area contributed by atoms with E-state index in [0.717, 1.165) is 34.5 Å². The number of carbonyl (C=O) groups is 1. The largest absolute Gasteiger partial charge is 0.549 e. The van der Waals surface area contributed by atoms with E-state index in [0.29, 0.717) is 10.7 Å². The van der Waals surface area contributed by atoms with Gasteiger partial charge >= 0.3 is 0 Å². The molecule has 6 heteroatoms. The molecular weight excluding hydrogens is 348 g/mol. The molecular formula is C20H17N2O3S-. The molecule has 0 spiro atoms. The molecule has 0 aliphatic heterocycles. The molecule has 0 bridgehead atoms. The Morgan fingerprint density at radius 3 is 2.38 bits per heavy atom. The number of carboxylic acids is 1. The third-order valence-electron chi connectivity index (χ3n) is 3.76. The van der Waals surface area contributed by atoms with Gasteiger partial charge in [-0.25, -0.2) is 9.97 Å². The number of thioether (sulfide) groups is 1. The number of methoxy groups -OCH3 is 1. The summed E-state index contributed by atoms with van der Waals surface area (Å²) in [6.07, 6.45) is 0. The molecule has 2 aromatic carbocycles. The Kier molecular flexibility index (Phi) is 5.53. The highest BCUT2D eigenvalue weighted by atomic mass is 32.2. The van der Waals surface area contributed by atoms with E-state index in [9.17, 15) is 9.90 Å². The molecule has 1 atom stereocenters. The minimum atomic E-state index is -1.17. The first-order valence-corrected chi connectivity index (χ1v) is 8.87. The SMILES string of the molecule is COc1ccc(-c2cc(C)nc(S[C@H](C(=O)[O-])c3ccccc3)n2)cc1. The summed E-state index contributed by atoms with van der Waals surface area (Å²) in [4.78, 5) is 20.5. The fraction of sp³-hybridized carbons (Fsp3) is 0.150. The van der Waals surface area contributed by atoms with Crippen LogP contribution in [0.1, 0.15) is 16.5 Å². The van der Waals surface area contributed by atoms with Gasteiger partial charge in [-0.15, -0.1) is 0 Å². The van der Waals surface area contributed by atoms with Crippen LogP contribution in [0.2, 0.25) is 0 Å². The van der Waals surface area contributed by atoms with Gasteiger partial charge < -0.3 is 14.6 Å². The van der Waals surface area contributed by atoms with Gasteiger partial charge in [0.05, 0.1) is 24.0 Å². The van der Waals surface area contributed by atoms with Gasteiger partial charge in [-0.1, -0.05) is 42.1 Å². The maximum absolute atomic E-state index is 11.6. The molecule has 0 aliphatic rings. The molecule has 0 saturated carbocycles. The number of benzene rings is 2.